The van der Waals surface area contributed by atoms with Crippen molar-refractivity contribution in [3.63, 3.8) is 0 Å². The van der Waals surface area contributed by atoms with Gasteiger partial charge < -0.3 is 19.5 Å². The molecule has 1 unspecified atom stereocenters. The van der Waals surface area contributed by atoms with Crippen LogP contribution in [-0.4, -0.2) is 33.6 Å². The van der Waals surface area contributed by atoms with Gasteiger partial charge in [-0.2, -0.15) is 4.98 Å². The molecule has 0 amide bonds. The van der Waals surface area contributed by atoms with Gasteiger partial charge in [-0.25, -0.2) is 9.48 Å². The Morgan fingerprint density at radius 2 is 1.79 bits per heavy atom. The first kappa shape index (κ1) is 29.7. The zero-order valence-electron chi connectivity index (χ0n) is 24.0. The van der Waals surface area contributed by atoms with Crippen molar-refractivity contribution in [1.82, 2.24) is 14.8 Å². The fourth-order valence-electron chi connectivity index (χ4n) is 4.64. The van der Waals surface area contributed by atoms with Crippen LogP contribution in [0.2, 0.25) is 0 Å². The molecule has 0 radical (unpaired) electrons. The van der Waals surface area contributed by atoms with Crippen molar-refractivity contribution in [1.29, 1.82) is 0 Å². The Bertz CT molecular complexity index is 1590. The molecule has 1 aliphatic rings. The van der Waals surface area contributed by atoms with E-state index < -0.39 is 12.0 Å². The van der Waals surface area contributed by atoms with E-state index in [4.69, 9.17) is 24.3 Å². The van der Waals surface area contributed by atoms with Gasteiger partial charge in [0.05, 0.1) is 17.2 Å². The second-order valence-corrected chi connectivity index (χ2v) is 11.9. The molecule has 42 heavy (non-hydrogen) atoms. The van der Waals surface area contributed by atoms with Crippen molar-refractivity contribution < 1.29 is 19.0 Å². The molecular weight excluding hydrogens is 616 g/mol. The summed E-state index contributed by atoms with van der Waals surface area (Å²) >= 11 is 5.28. The highest BCUT2D eigenvalue weighted by Crippen LogP contribution is 2.43. The number of hydrogen-bond acceptors (Lipinski definition) is 8. The molecule has 218 valence electrons. The van der Waals surface area contributed by atoms with E-state index in [0.717, 1.165) is 28.9 Å². The quantitative estimate of drug-likeness (QED) is 0.132. The number of benzene rings is 3. The highest BCUT2D eigenvalue weighted by Gasteiger charge is 2.36. The van der Waals surface area contributed by atoms with E-state index in [-0.39, 0.29) is 6.61 Å². The minimum Gasteiger partial charge on any atom is -0.493 e. The monoisotopic (exact) mass is 648 g/mol. The molecule has 1 atom stereocenters. The Morgan fingerprint density at radius 3 is 2.50 bits per heavy atom. The van der Waals surface area contributed by atoms with Crippen molar-refractivity contribution in [3.8, 4) is 11.5 Å². The number of methoxy groups -OCH3 is 1. The maximum absolute atomic E-state index is 13.7. The molecular formula is C32H33BrN4O4S. The van der Waals surface area contributed by atoms with Crippen molar-refractivity contribution in [2.75, 3.05) is 18.2 Å². The Balaban J connectivity index is 1.51. The van der Waals surface area contributed by atoms with Crippen molar-refractivity contribution in [2.24, 2.45) is 0 Å². The van der Waals surface area contributed by atoms with E-state index in [2.05, 4.69) is 47.2 Å². The van der Waals surface area contributed by atoms with E-state index in [0.29, 0.717) is 45.0 Å². The summed E-state index contributed by atoms with van der Waals surface area (Å²) in [6.45, 7) is 6.56. The van der Waals surface area contributed by atoms with E-state index in [9.17, 15) is 4.79 Å². The summed E-state index contributed by atoms with van der Waals surface area (Å²) in [5, 5.41) is 8.71. The van der Waals surface area contributed by atoms with E-state index >= 15 is 0 Å². The third-order valence-corrected chi connectivity index (χ3v) is 8.40. The lowest BCUT2D eigenvalue weighted by Crippen LogP contribution is -2.29. The number of aryl methyl sites for hydroxylation is 1. The first-order chi connectivity index (χ1) is 20.4. The molecule has 8 nitrogen and oxygen atoms in total. The summed E-state index contributed by atoms with van der Waals surface area (Å²) in [6, 6.07) is 21.0. The lowest BCUT2D eigenvalue weighted by molar-refractivity contribution is -0.140. The normalized spacial score (nSPS) is 14.3. The van der Waals surface area contributed by atoms with Gasteiger partial charge in [0.25, 0.3) is 0 Å². The number of esters is 1. The molecule has 3 aromatic carbocycles. The van der Waals surface area contributed by atoms with Crippen LogP contribution in [-0.2, 0) is 22.7 Å². The van der Waals surface area contributed by atoms with Gasteiger partial charge in [-0.3, -0.25) is 0 Å². The summed E-state index contributed by atoms with van der Waals surface area (Å²) in [5.41, 5.74) is 5.01. The van der Waals surface area contributed by atoms with Crippen molar-refractivity contribution in [3.05, 3.63) is 105 Å². The Kier molecular flexibility index (Phi) is 9.54. The first-order valence-electron chi connectivity index (χ1n) is 13.7. The van der Waals surface area contributed by atoms with Crippen molar-refractivity contribution >= 4 is 39.6 Å². The number of halogens is 1. The number of nitrogens with zero attached hydrogens (tertiary/aromatic N) is 3. The number of aromatic nitrogens is 3. The minimum absolute atomic E-state index is 0.157. The molecule has 0 saturated carbocycles. The largest absolute Gasteiger partial charge is 0.493 e. The summed E-state index contributed by atoms with van der Waals surface area (Å²) in [6.07, 6.45) is 0.994. The number of carbonyl (C=O) groups is 1. The molecule has 2 heterocycles. The molecule has 10 heteroatoms. The van der Waals surface area contributed by atoms with Crippen LogP contribution in [0.1, 0.15) is 48.6 Å². The van der Waals surface area contributed by atoms with Gasteiger partial charge in [0.2, 0.25) is 11.1 Å². The molecule has 0 spiro atoms. The van der Waals surface area contributed by atoms with Crippen LogP contribution in [0.25, 0.3) is 0 Å². The smallest absolute Gasteiger partial charge is 0.338 e. The zero-order valence-corrected chi connectivity index (χ0v) is 26.4. The molecule has 5 rings (SSSR count). The highest BCUT2D eigenvalue weighted by molar-refractivity contribution is 9.10. The number of allylic oxidation sites excluding steroid dienone is 1. The average Bonchev–Trinajstić information content (AvgIpc) is 3.40. The molecule has 1 aliphatic heterocycles. The lowest BCUT2D eigenvalue weighted by Gasteiger charge is -2.29. The maximum Gasteiger partial charge on any atom is 0.338 e. The van der Waals surface area contributed by atoms with E-state index in [1.807, 2.05) is 61.5 Å². The number of hydrogen-bond donors (Lipinski definition) is 1. The standard InChI is InChI=1S/C32H33BrN4O4S/c1-5-15-42-32-35-31-34-21(3)27(30(38)41-19-22-9-7-6-8-10-22)28(37(31)36-32)24-16-25(33)29(26(17-24)39-4)40-18-23-13-11-20(2)12-14-23/h6-14,16-17,28H,5,15,18-19H2,1-4H3,(H,34,35,36). The second kappa shape index (κ2) is 13.5. The van der Waals surface area contributed by atoms with Gasteiger partial charge in [-0.05, 0) is 65.0 Å². The molecule has 0 saturated heterocycles. The number of ether oxygens (including phenoxy) is 3. The molecule has 4 aromatic rings. The van der Waals surface area contributed by atoms with Crippen LogP contribution >= 0.6 is 27.7 Å². The average molecular weight is 650 g/mol. The topological polar surface area (TPSA) is 87.5 Å². The van der Waals surface area contributed by atoms with Gasteiger partial charge in [0.1, 0.15) is 19.3 Å². The summed E-state index contributed by atoms with van der Waals surface area (Å²) in [7, 11) is 1.60. The zero-order chi connectivity index (χ0) is 29.6. The first-order valence-corrected chi connectivity index (χ1v) is 15.5. The maximum atomic E-state index is 13.7. The second-order valence-electron chi connectivity index (χ2n) is 9.95. The predicted octanol–water partition coefficient (Wildman–Crippen LogP) is 7.47. The van der Waals surface area contributed by atoms with Crippen LogP contribution in [0.3, 0.4) is 0 Å². The molecule has 0 aliphatic carbocycles. The number of carbonyl (C=O) groups excluding carboxylic acids is 1. The molecule has 0 fully saturated rings. The molecule has 0 bridgehead atoms. The summed E-state index contributed by atoms with van der Waals surface area (Å²) in [5.74, 6) is 2.11. The Hall–Kier alpha value is -3.76. The van der Waals surface area contributed by atoms with E-state index in [1.54, 1.807) is 23.6 Å². The fraction of sp³-hybridized carbons (Fsp3) is 0.281. The van der Waals surface area contributed by atoms with Gasteiger partial charge in [-0.15, -0.1) is 5.10 Å². The Labute approximate surface area is 258 Å². The molecule has 1 N–H and O–H groups in total. The fourth-order valence-corrected chi connectivity index (χ4v) is 5.89. The Morgan fingerprint density at radius 1 is 1.05 bits per heavy atom. The van der Waals surface area contributed by atoms with Gasteiger partial charge in [0.15, 0.2) is 11.5 Å². The predicted molar refractivity (Wildman–Crippen MR) is 168 cm³/mol. The third kappa shape index (κ3) is 6.65. The van der Waals surface area contributed by atoms with Gasteiger partial charge >= 0.3 is 5.97 Å². The van der Waals surface area contributed by atoms with Crippen LogP contribution in [0.5, 0.6) is 11.5 Å². The number of nitrogens with one attached hydrogen (secondary N) is 1. The lowest BCUT2D eigenvalue weighted by atomic mass is 9.95. The number of anilines is 1. The number of thioether (sulfide) groups is 1. The minimum atomic E-state index is -0.607. The van der Waals surface area contributed by atoms with Crippen LogP contribution in [0.15, 0.2) is 87.6 Å². The van der Waals surface area contributed by atoms with Crippen LogP contribution in [0.4, 0.5) is 5.95 Å². The van der Waals surface area contributed by atoms with Crippen LogP contribution < -0.4 is 14.8 Å². The number of fused-ring (bicyclic) bond motifs is 1. The third-order valence-electron chi connectivity index (χ3n) is 6.77. The number of rotatable bonds is 11. The SMILES string of the molecule is CCCSc1nc2n(n1)C(c1cc(Br)c(OCc3ccc(C)cc3)c(OC)c1)C(C(=O)OCc1ccccc1)=C(C)N2. The van der Waals surface area contributed by atoms with Crippen molar-refractivity contribution in [2.45, 2.75) is 51.6 Å². The summed E-state index contributed by atoms with van der Waals surface area (Å²) in [4.78, 5) is 18.4. The highest BCUT2D eigenvalue weighted by atomic mass is 79.9. The molecule has 1 aromatic heterocycles. The van der Waals surface area contributed by atoms with Gasteiger partial charge in [-0.1, -0.05) is 78.8 Å². The van der Waals surface area contributed by atoms with Gasteiger partial charge in [0, 0.05) is 11.4 Å². The van der Waals surface area contributed by atoms with Crippen LogP contribution in [0, 0.1) is 6.92 Å². The van der Waals surface area contributed by atoms with E-state index in [1.165, 1.54) is 5.56 Å². The summed E-state index contributed by atoms with van der Waals surface area (Å²) < 4.78 is 20.2.